The summed E-state index contributed by atoms with van der Waals surface area (Å²) in [7, 11) is -4.04. The average molecular weight is 327 g/mol. The molecule has 0 bridgehead atoms. The lowest BCUT2D eigenvalue weighted by atomic mass is 10.1. The van der Waals surface area contributed by atoms with Crippen molar-refractivity contribution in [1.29, 1.82) is 0 Å². The molecule has 0 aliphatic carbocycles. The van der Waals surface area contributed by atoms with E-state index in [2.05, 4.69) is 9.46 Å². The van der Waals surface area contributed by atoms with Gasteiger partial charge in [-0.2, -0.15) is 0 Å². The molecule has 2 N–H and O–H groups in total. The van der Waals surface area contributed by atoms with Crippen LogP contribution < -0.4 is 9.46 Å². The van der Waals surface area contributed by atoms with Crippen LogP contribution in [-0.4, -0.2) is 32.0 Å². The molecule has 0 aliphatic rings. The molecule has 0 saturated carbocycles. The number of nitrogens with one attached hydrogen (secondary N) is 1. The Morgan fingerprint density at radius 1 is 1.33 bits per heavy atom. The molecule has 21 heavy (non-hydrogen) atoms. The molecule has 1 aromatic carbocycles. The highest BCUT2D eigenvalue weighted by atomic mass is 32.2. The Morgan fingerprint density at radius 2 is 1.95 bits per heavy atom. The molecule has 0 heterocycles. The summed E-state index contributed by atoms with van der Waals surface area (Å²) in [6, 6.07) is 4.02. The minimum Gasteiger partial charge on any atom is -0.406 e. The lowest BCUT2D eigenvalue weighted by molar-refractivity contribution is -0.274. The number of ether oxygens (including phenoxy) is 1. The van der Waals surface area contributed by atoms with Gasteiger partial charge in [-0.1, -0.05) is 13.0 Å². The molecule has 0 amide bonds. The minimum absolute atomic E-state index is 0.254. The Hall–Kier alpha value is -1.32. The van der Waals surface area contributed by atoms with Crippen molar-refractivity contribution in [2.24, 2.45) is 0 Å². The monoisotopic (exact) mass is 327 g/mol. The van der Waals surface area contributed by atoms with E-state index in [1.54, 1.807) is 6.92 Å². The van der Waals surface area contributed by atoms with Crippen molar-refractivity contribution in [2.45, 2.75) is 37.1 Å². The lowest BCUT2D eigenvalue weighted by Gasteiger charge is -2.21. The Labute approximate surface area is 120 Å². The van der Waals surface area contributed by atoms with Crippen molar-refractivity contribution in [3.63, 3.8) is 0 Å². The van der Waals surface area contributed by atoms with Crippen molar-refractivity contribution < 1.29 is 31.4 Å². The average Bonchev–Trinajstić information content (AvgIpc) is 2.35. The molecule has 1 unspecified atom stereocenters. The van der Waals surface area contributed by atoms with Crippen molar-refractivity contribution in [2.75, 3.05) is 6.54 Å². The topological polar surface area (TPSA) is 75.6 Å². The number of aliphatic hydroxyl groups is 1. The van der Waals surface area contributed by atoms with Gasteiger partial charge in [0.25, 0.3) is 0 Å². The highest BCUT2D eigenvalue weighted by molar-refractivity contribution is 7.89. The number of benzene rings is 1. The van der Waals surface area contributed by atoms with Gasteiger partial charge in [0.15, 0.2) is 0 Å². The van der Waals surface area contributed by atoms with Crippen molar-refractivity contribution in [3.8, 4) is 5.75 Å². The maximum atomic E-state index is 12.1. The first kappa shape index (κ1) is 17.7. The summed E-state index contributed by atoms with van der Waals surface area (Å²) in [5.41, 5.74) is -1.24. The van der Waals surface area contributed by atoms with Crippen LogP contribution in [0.2, 0.25) is 0 Å². The first-order chi connectivity index (χ1) is 9.45. The van der Waals surface area contributed by atoms with Crippen molar-refractivity contribution >= 4 is 10.0 Å². The van der Waals surface area contributed by atoms with Gasteiger partial charge in [-0.3, -0.25) is 0 Å². The van der Waals surface area contributed by atoms with E-state index < -0.39 is 27.7 Å². The van der Waals surface area contributed by atoms with E-state index >= 15 is 0 Å². The molecule has 0 aliphatic heterocycles. The van der Waals surface area contributed by atoms with E-state index in [0.717, 1.165) is 24.3 Å². The Bertz CT molecular complexity index is 584. The predicted octanol–water partition coefficient (Wildman–Crippen LogP) is 2.02. The van der Waals surface area contributed by atoms with Crippen LogP contribution in [0, 0.1) is 0 Å². The number of sulfonamides is 1. The normalized spacial score (nSPS) is 15.5. The molecule has 0 fully saturated rings. The summed E-state index contributed by atoms with van der Waals surface area (Å²) >= 11 is 0. The van der Waals surface area contributed by atoms with Gasteiger partial charge in [-0.25, -0.2) is 13.1 Å². The van der Waals surface area contributed by atoms with E-state index in [1.807, 2.05) is 0 Å². The van der Waals surface area contributed by atoms with Crippen LogP contribution in [0.4, 0.5) is 13.2 Å². The third-order valence-electron chi connectivity index (χ3n) is 2.75. The van der Waals surface area contributed by atoms with Gasteiger partial charge in [0.05, 0.1) is 10.5 Å². The van der Waals surface area contributed by atoms with E-state index in [4.69, 9.17) is 0 Å². The quantitative estimate of drug-likeness (QED) is 0.838. The van der Waals surface area contributed by atoms with Crippen LogP contribution in [-0.2, 0) is 10.0 Å². The first-order valence-corrected chi connectivity index (χ1v) is 7.51. The molecule has 1 rings (SSSR count). The molecule has 0 spiro atoms. The molecule has 1 atom stereocenters. The number of rotatable bonds is 6. The maximum absolute atomic E-state index is 12.1. The van der Waals surface area contributed by atoms with Crippen LogP contribution in [0.5, 0.6) is 5.75 Å². The zero-order valence-corrected chi connectivity index (χ0v) is 12.3. The van der Waals surface area contributed by atoms with E-state index in [9.17, 15) is 26.7 Å². The first-order valence-electron chi connectivity index (χ1n) is 6.03. The number of alkyl halides is 3. The Morgan fingerprint density at radius 3 is 2.48 bits per heavy atom. The largest absolute Gasteiger partial charge is 0.573 e. The van der Waals surface area contributed by atoms with Gasteiger partial charge in [0, 0.05) is 12.6 Å². The zero-order valence-electron chi connectivity index (χ0n) is 11.4. The minimum atomic E-state index is -4.90. The van der Waals surface area contributed by atoms with Gasteiger partial charge in [0.2, 0.25) is 10.0 Å². The van der Waals surface area contributed by atoms with Gasteiger partial charge in [-0.15, -0.1) is 13.2 Å². The third-order valence-corrected chi connectivity index (χ3v) is 4.15. The van der Waals surface area contributed by atoms with E-state index in [-0.39, 0.29) is 11.4 Å². The van der Waals surface area contributed by atoms with E-state index in [1.165, 1.54) is 6.92 Å². The van der Waals surface area contributed by atoms with Crippen LogP contribution in [0.3, 0.4) is 0 Å². The van der Waals surface area contributed by atoms with Crippen LogP contribution in [0.25, 0.3) is 0 Å². The molecule has 1 aromatic rings. The fourth-order valence-electron chi connectivity index (χ4n) is 1.30. The van der Waals surface area contributed by atoms with Gasteiger partial charge in [-0.05, 0) is 25.5 Å². The maximum Gasteiger partial charge on any atom is 0.573 e. The summed E-state index contributed by atoms with van der Waals surface area (Å²) in [4.78, 5) is -0.379. The fourth-order valence-corrected chi connectivity index (χ4v) is 2.49. The molecule has 120 valence electrons. The van der Waals surface area contributed by atoms with Crippen molar-refractivity contribution in [1.82, 2.24) is 4.72 Å². The van der Waals surface area contributed by atoms with Gasteiger partial charge < -0.3 is 9.84 Å². The molecule has 0 radical (unpaired) electrons. The SMILES string of the molecule is CCC(C)(O)CNS(=O)(=O)c1cccc(OC(F)(F)F)c1. The number of halogens is 3. The molecule has 5 nitrogen and oxygen atoms in total. The fraction of sp³-hybridized carbons (Fsp3) is 0.500. The van der Waals surface area contributed by atoms with Crippen LogP contribution in [0.1, 0.15) is 20.3 Å². The summed E-state index contributed by atoms with van der Waals surface area (Å²) in [6.45, 7) is 2.86. The lowest BCUT2D eigenvalue weighted by Crippen LogP contribution is -2.40. The Balaban J connectivity index is 2.91. The molecular formula is C12H16F3NO4S. The number of hydrogen-bond donors (Lipinski definition) is 2. The second-order valence-electron chi connectivity index (χ2n) is 4.70. The molecule has 0 saturated heterocycles. The highest BCUT2D eigenvalue weighted by Crippen LogP contribution is 2.25. The summed E-state index contributed by atoms with van der Waals surface area (Å²) in [6.07, 6.45) is -4.59. The smallest absolute Gasteiger partial charge is 0.406 e. The van der Waals surface area contributed by atoms with Crippen molar-refractivity contribution in [3.05, 3.63) is 24.3 Å². The van der Waals surface area contributed by atoms with Gasteiger partial charge in [0.1, 0.15) is 5.75 Å². The second-order valence-corrected chi connectivity index (χ2v) is 6.46. The Kier molecular flexibility index (Phi) is 5.24. The van der Waals surface area contributed by atoms with Crippen LogP contribution in [0.15, 0.2) is 29.2 Å². The standard InChI is InChI=1S/C12H16F3NO4S/c1-3-11(2,17)8-16-21(18,19)10-6-4-5-9(7-10)20-12(13,14)15/h4-7,16-17H,3,8H2,1-2H3. The predicted molar refractivity (Wildman–Crippen MR) is 69.2 cm³/mol. The highest BCUT2D eigenvalue weighted by Gasteiger charge is 2.31. The second kappa shape index (κ2) is 6.20. The summed E-state index contributed by atoms with van der Waals surface area (Å²) in [5, 5.41) is 9.74. The van der Waals surface area contributed by atoms with Gasteiger partial charge >= 0.3 is 6.36 Å². The molecule has 9 heteroatoms. The summed E-state index contributed by atoms with van der Waals surface area (Å²) in [5.74, 6) is -0.632. The van der Waals surface area contributed by atoms with E-state index in [0.29, 0.717) is 6.42 Å². The third kappa shape index (κ3) is 5.90. The van der Waals surface area contributed by atoms with Crippen LogP contribution >= 0.6 is 0 Å². The molecule has 0 aromatic heterocycles. The number of hydrogen-bond acceptors (Lipinski definition) is 4. The zero-order chi connectivity index (χ0) is 16.3. The molecular weight excluding hydrogens is 311 g/mol. The summed E-state index contributed by atoms with van der Waals surface area (Å²) < 4.78 is 66.0.